The number of anilines is 1. The molecule has 0 bridgehead atoms. The third kappa shape index (κ3) is 3.39. The normalized spacial score (nSPS) is 15.8. The highest BCUT2D eigenvalue weighted by Gasteiger charge is 2.44. The number of rotatable bonds is 2. The molecule has 1 unspecified atom stereocenters. The number of benzene rings is 3. The number of hydrogen-bond donors (Lipinski definition) is 0. The number of hydrogen-bond acceptors (Lipinski definition) is 3. The van der Waals surface area contributed by atoms with Crippen LogP contribution in [0.3, 0.4) is 0 Å². The van der Waals surface area contributed by atoms with Gasteiger partial charge in [0.15, 0.2) is 5.43 Å². The van der Waals surface area contributed by atoms with E-state index in [0.29, 0.717) is 10.9 Å². The minimum Gasteiger partial charge on any atom is -0.450 e. The minimum atomic E-state index is -4.58. The van der Waals surface area contributed by atoms with E-state index in [4.69, 9.17) is 4.42 Å². The minimum absolute atomic E-state index is 0.0348. The lowest BCUT2D eigenvalue weighted by molar-refractivity contribution is -0.137. The predicted octanol–water partition coefficient (Wildman–Crippen LogP) is 6.49. The number of fused-ring (bicyclic) bond motifs is 2. The van der Waals surface area contributed by atoms with Crippen LogP contribution in [-0.4, -0.2) is 5.91 Å². The van der Waals surface area contributed by atoms with Crippen molar-refractivity contribution < 1.29 is 22.4 Å². The lowest BCUT2D eigenvalue weighted by atomic mass is 9.96. The predicted molar refractivity (Wildman–Crippen MR) is 123 cm³/mol. The van der Waals surface area contributed by atoms with E-state index in [9.17, 15) is 22.8 Å². The molecule has 0 aliphatic carbocycles. The van der Waals surface area contributed by atoms with Crippen molar-refractivity contribution in [3.8, 4) is 0 Å². The molecule has 1 aromatic heterocycles. The molecule has 5 rings (SSSR count). The number of amides is 1. The number of carbonyl (C=O) groups is 1. The first kappa shape index (κ1) is 21.9. The zero-order valence-corrected chi connectivity index (χ0v) is 18.7. The summed E-state index contributed by atoms with van der Waals surface area (Å²) in [5, 5.41) is 0.331. The average Bonchev–Trinajstić information content (AvgIpc) is 3.08. The molecule has 0 radical (unpaired) electrons. The van der Waals surface area contributed by atoms with E-state index in [2.05, 4.69) is 0 Å². The van der Waals surface area contributed by atoms with Gasteiger partial charge in [0, 0.05) is 5.69 Å². The molecular formula is C27H20F3NO3. The topological polar surface area (TPSA) is 50.5 Å². The van der Waals surface area contributed by atoms with Gasteiger partial charge in [-0.3, -0.25) is 14.5 Å². The number of nitrogens with zero attached hydrogens (tertiary/aromatic N) is 1. The Morgan fingerprint density at radius 2 is 1.56 bits per heavy atom. The number of carbonyl (C=O) groups excluding carboxylic acids is 1. The summed E-state index contributed by atoms with van der Waals surface area (Å²) in [5.74, 6) is -0.805. The van der Waals surface area contributed by atoms with Gasteiger partial charge in [0.2, 0.25) is 5.76 Å². The summed E-state index contributed by atoms with van der Waals surface area (Å²) in [4.78, 5) is 28.4. The summed E-state index contributed by atoms with van der Waals surface area (Å²) in [5.41, 5.74) is 2.54. The van der Waals surface area contributed by atoms with Crippen molar-refractivity contribution >= 4 is 22.6 Å². The van der Waals surface area contributed by atoms with Crippen molar-refractivity contribution in [2.75, 3.05) is 4.90 Å². The smallest absolute Gasteiger partial charge is 0.416 e. The van der Waals surface area contributed by atoms with Gasteiger partial charge in [-0.05, 0) is 67.8 Å². The highest BCUT2D eigenvalue weighted by Crippen LogP contribution is 2.42. The molecule has 0 saturated heterocycles. The molecule has 7 heteroatoms. The Hall–Kier alpha value is -3.87. The van der Waals surface area contributed by atoms with Gasteiger partial charge in [-0.1, -0.05) is 35.9 Å². The van der Waals surface area contributed by atoms with Crippen LogP contribution in [0.2, 0.25) is 0 Å². The highest BCUT2D eigenvalue weighted by atomic mass is 19.4. The molecule has 0 fully saturated rings. The fraction of sp³-hybridized carbons (Fsp3) is 0.185. The number of alkyl halides is 3. The molecule has 1 aliphatic heterocycles. The van der Waals surface area contributed by atoms with Gasteiger partial charge in [0.05, 0.1) is 22.6 Å². The number of aryl methyl sites for hydroxylation is 3. The van der Waals surface area contributed by atoms with Gasteiger partial charge in [0.1, 0.15) is 5.58 Å². The van der Waals surface area contributed by atoms with Crippen molar-refractivity contribution in [2.24, 2.45) is 0 Å². The third-order valence-electron chi connectivity index (χ3n) is 6.33. The maximum absolute atomic E-state index is 13.7. The lowest BCUT2D eigenvalue weighted by Gasteiger charge is -2.26. The second-order valence-corrected chi connectivity index (χ2v) is 8.64. The molecule has 4 nitrogen and oxygen atoms in total. The zero-order chi connectivity index (χ0) is 24.4. The Kier molecular flexibility index (Phi) is 4.90. The van der Waals surface area contributed by atoms with Crippen molar-refractivity contribution in [3.05, 3.63) is 110 Å². The zero-order valence-electron chi connectivity index (χ0n) is 18.7. The Morgan fingerprint density at radius 3 is 2.24 bits per heavy atom. The van der Waals surface area contributed by atoms with Crippen molar-refractivity contribution in [2.45, 2.75) is 33.0 Å². The summed E-state index contributed by atoms with van der Waals surface area (Å²) < 4.78 is 46.3. The van der Waals surface area contributed by atoms with Crippen molar-refractivity contribution in [3.63, 3.8) is 0 Å². The number of halogens is 3. The molecule has 1 atom stereocenters. The molecule has 0 spiro atoms. The van der Waals surface area contributed by atoms with Crippen LogP contribution < -0.4 is 10.3 Å². The molecule has 34 heavy (non-hydrogen) atoms. The average molecular weight is 463 g/mol. The van der Waals surface area contributed by atoms with Crippen LogP contribution in [0.5, 0.6) is 0 Å². The third-order valence-corrected chi connectivity index (χ3v) is 6.33. The molecule has 4 aromatic rings. The fourth-order valence-corrected chi connectivity index (χ4v) is 4.39. The second-order valence-electron chi connectivity index (χ2n) is 8.64. The van der Waals surface area contributed by atoms with Gasteiger partial charge < -0.3 is 4.42 Å². The highest BCUT2D eigenvalue weighted by molar-refractivity contribution is 6.10. The molecule has 3 aromatic carbocycles. The molecule has 0 N–H and O–H groups in total. The Balaban J connectivity index is 1.80. The molecule has 172 valence electrons. The quantitative estimate of drug-likeness (QED) is 0.342. The summed E-state index contributed by atoms with van der Waals surface area (Å²) in [6.07, 6.45) is -4.58. The van der Waals surface area contributed by atoms with Gasteiger partial charge in [-0.2, -0.15) is 13.2 Å². The van der Waals surface area contributed by atoms with E-state index < -0.39 is 23.7 Å². The van der Waals surface area contributed by atoms with Crippen LogP contribution in [0, 0.1) is 20.8 Å². The van der Waals surface area contributed by atoms with Crippen LogP contribution in [0.4, 0.5) is 18.9 Å². The fourth-order valence-electron chi connectivity index (χ4n) is 4.39. The van der Waals surface area contributed by atoms with E-state index in [0.717, 1.165) is 28.8 Å². The second kappa shape index (κ2) is 7.58. The van der Waals surface area contributed by atoms with E-state index in [1.807, 2.05) is 32.9 Å². The van der Waals surface area contributed by atoms with Crippen LogP contribution >= 0.6 is 0 Å². The van der Waals surface area contributed by atoms with E-state index in [1.165, 1.54) is 17.0 Å². The van der Waals surface area contributed by atoms with E-state index in [1.54, 1.807) is 24.3 Å². The van der Waals surface area contributed by atoms with E-state index in [-0.39, 0.29) is 28.0 Å². The maximum atomic E-state index is 13.7. The Labute approximate surface area is 193 Å². The van der Waals surface area contributed by atoms with Crippen LogP contribution in [0.25, 0.3) is 11.0 Å². The van der Waals surface area contributed by atoms with E-state index >= 15 is 0 Å². The molecule has 2 heterocycles. The monoisotopic (exact) mass is 463 g/mol. The summed E-state index contributed by atoms with van der Waals surface area (Å²) in [6.45, 7) is 5.64. The first-order valence-electron chi connectivity index (χ1n) is 10.7. The summed E-state index contributed by atoms with van der Waals surface area (Å²) in [6, 6.07) is 14.3. The van der Waals surface area contributed by atoms with Crippen molar-refractivity contribution in [1.82, 2.24) is 0 Å². The SMILES string of the molecule is Cc1ccc(C2c3c(oc4cc(C)c(C)cc4c3=O)C(=O)N2c2cccc(C(F)(F)F)c2)cc1. The standard InChI is InChI=1S/C27H20F3NO3/c1-14-7-9-17(10-8-14)23-22-24(32)20-11-15(2)16(3)12-21(20)34-25(22)26(33)31(23)19-6-4-5-18(13-19)27(28,29)30/h4-13,23H,1-3H3. The molecule has 1 amide bonds. The first-order chi connectivity index (χ1) is 16.1. The molecule has 0 saturated carbocycles. The first-order valence-corrected chi connectivity index (χ1v) is 10.7. The summed E-state index contributed by atoms with van der Waals surface area (Å²) >= 11 is 0. The Morgan fingerprint density at radius 1 is 0.882 bits per heavy atom. The summed E-state index contributed by atoms with van der Waals surface area (Å²) in [7, 11) is 0. The van der Waals surface area contributed by atoms with Gasteiger partial charge in [0.25, 0.3) is 5.91 Å². The lowest BCUT2D eigenvalue weighted by Crippen LogP contribution is -2.29. The van der Waals surface area contributed by atoms with Crippen LogP contribution in [0.1, 0.15) is 50.0 Å². The maximum Gasteiger partial charge on any atom is 0.416 e. The molecule has 1 aliphatic rings. The Bertz CT molecular complexity index is 1520. The largest absolute Gasteiger partial charge is 0.450 e. The van der Waals surface area contributed by atoms with Gasteiger partial charge in [-0.15, -0.1) is 0 Å². The van der Waals surface area contributed by atoms with Gasteiger partial charge >= 0.3 is 6.18 Å². The van der Waals surface area contributed by atoms with Crippen LogP contribution in [0.15, 0.2) is 69.9 Å². The van der Waals surface area contributed by atoms with Gasteiger partial charge in [-0.25, -0.2) is 0 Å². The van der Waals surface area contributed by atoms with Crippen molar-refractivity contribution in [1.29, 1.82) is 0 Å². The van der Waals surface area contributed by atoms with Crippen LogP contribution in [-0.2, 0) is 6.18 Å². The molecular weight excluding hydrogens is 443 g/mol.